The van der Waals surface area contributed by atoms with Crippen LogP contribution in [0, 0.1) is 13.8 Å². The number of hydrogen-bond donors (Lipinski definition) is 0. The highest BCUT2D eigenvalue weighted by molar-refractivity contribution is 7.99. The normalized spacial score (nSPS) is 19.0. The molecule has 1 aromatic carbocycles. The van der Waals surface area contributed by atoms with Crippen molar-refractivity contribution < 1.29 is 13.2 Å². The smallest absolute Gasteiger partial charge is 0.174 e. The summed E-state index contributed by atoms with van der Waals surface area (Å²) in [4.78, 5) is 12.7. The first-order valence-electron chi connectivity index (χ1n) is 8.51. The number of Topliss-reactive ketones (excluding diaryl/α,β-unsaturated/α-hetero) is 1. The Kier molecular flexibility index (Phi) is 5.85. The van der Waals surface area contributed by atoms with E-state index in [4.69, 9.17) is 11.6 Å². The molecule has 4 nitrogen and oxygen atoms in total. The highest BCUT2D eigenvalue weighted by Gasteiger charge is 2.31. The fourth-order valence-electron chi connectivity index (χ4n) is 3.55. The molecule has 1 fully saturated rings. The van der Waals surface area contributed by atoms with Crippen LogP contribution in [-0.4, -0.2) is 36.0 Å². The number of aryl methyl sites for hydroxylation is 1. The zero-order chi connectivity index (χ0) is 18.9. The van der Waals surface area contributed by atoms with Gasteiger partial charge in [0.05, 0.1) is 17.3 Å². The van der Waals surface area contributed by atoms with Crippen LogP contribution in [0.1, 0.15) is 39.8 Å². The van der Waals surface area contributed by atoms with Gasteiger partial charge in [-0.15, -0.1) is 11.8 Å². The molecule has 0 aliphatic carbocycles. The molecule has 0 amide bonds. The summed E-state index contributed by atoms with van der Waals surface area (Å²) >= 11 is 7.69. The lowest BCUT2D eigenvalue weighted by Gasteiger charge is -2.16. The second kappa shape index (κ2) is 7.79. The number of carbonyl (C=O) groups is 1. The SMILES string of the molecule is Cc1cc(C(=O)CSCc2ccccc2Cl)c(C)n1[C@@H]1CCS(=O)(=O)C1. The van der Waals surface area contributed by atoms with E-state index in [1.807, 2.05) is 48.7 Å². The predicted octanol–water partition coefficient (Wildman–Crippen LogP) is 4.23. The van der Waals surface area contributed by atoms with Gasteiger partial charge in [0.25, 0.3) is 0 Å². The number of thioether (sulfide) groups is 1. The Hall–Kier alpha value is -1.24. The molecule has 26 heavy (non-hydrogen) atoms. The molecule has 0 saturated carbocycles. The lowest BCUT2D eigenvalue weighted by molar-refractivity contribution is 0.102. The van der Waals surface area contributed by atoms with Gasteiger partial charge in [-0.25, -0.2) is 8.42 Å². The maximum Gasteiger partial charge on any atom is 0.174 e. The van der Waals surface area contributed by atoms with Crippen LogP contribution in [0.5, 0.6) is 0 Å². The Bertz CT molecular complexity index is 934. The molecule has 0 N–H and O–H groups in total. The topological polar surface area (TPSA) is 56.1 Å². The molecule has 1 saturated heterocycles. The van der Waals surface area contributed by atoms with Gasteiger partial charge in [-0.05, 0) is 38.0 Å². The molecule has 1 aliphatic rings. The molecule has 2 heterocycles. The minimum atomic E-state index is -2.96. The maximum atomic E-state index is 12.7. The van der Waals surface area contributed by atoms with Gasteiger partial charge in [-0.3, -0.25) is 4.79 Å². The Morgan fingerprint density at radius 3 is 2.69 bits per heavy atom. The second-order valence-electron chi connectivity index (χ2n) is 6.72. The summed E-state index contributed by atoms with van der Waals surface area (Å²) in [5, 5.41) is 0.716. The van der Waals surface area contributed by atoms with Crippen molar-refractivity contribution in [3.8, 4) is 0 Å². The van der Waals surface area contributed by atoms with E-state index >= 15 is 0 Å². The monoisotopic (exact) mass is 411 g/mol. The average Bonchev–Trinajstić information content (AvgIpc) is 3.07. The van der Waals surface area contributed by atoms with Crippen LogP contribution < -0.4 is 0 Å². The Labute approximate surface area is 163 Å². The third kappa shape index (κ3) is 4.18. The highest BCUT2D eigenvalue weighted by Crippen LogP contribution is 2.30. The number of benzene rings is 1. The first-order chi connectivity index (χ1) is 12.3. The number of rotatable bonds is 6. The van der Waals surface area contributed by atoms with E-state index in [1.165, 1.54) is 0 Å². The van der Waals surface area contributed by atoms with Crippen molar-refractivity contribution in [1.82, 2.24) is 4.57 Å². The van der Waals surface area contributed by atoms with Crippen molar-refractivity contribution in [3.05, 3.63) is 57.9 Å². The van der Waals surface area contributed by atoms with E-state index in [0.29, 0.717) is 28.5 Å². The van der Waals surface area contributed by atoms with Crippen LogP contribution in [0.3, 0.4) is 0 Å². The summed E-state index contributed by atoms with van der Waals surface area (Å²) in [6.45, 7) is 3.84. The minimum Gasteiger partial charge on any atom is -0.344 e. The number of sulfone groups is 1. The minimum absolute atomic E-state index is 0.0580. The molecule has 2 aromatic rings. The van der Waals surface area contributed by atoms with Gasteiger partial charge in [0.2, 0.25) is 0 Å². The van der Waals surface area contributed by atoms with E-state index in [2.05, 4.69) is 0 Å². The van der Waals surface area contributed by atoms with Crippen LogP contribution >= 0.6 is 23.4 Å². The number of ketones is 1. The second-order valence-corrected chi connectivity index (χ2v) is 10.3. The summed E-state index contributed by atoms with van der Waals surface area (Å²) in [5.74, 6) is 1.52. The van der Waals surface area contributed by atoms with Crippen molar-refractivity contribution in [1.29, 1.82) is 0 Å². The average molecular weight is 412 g/mol. The molecule has 1 aliphatic heterocycles. The van der Waals surface area contributed by atoms with E-state index < -0.39 is 9.84 Å². The zero-order valence-corrected chi connectivity index (χ0v) is 17.3. The molecule has 7 heteroatoms. The Morgan fingerprint density at radius 2 is 2.04 bits per heavy atom. The predicted molar refractivity (Wildman–Crippen MR) is 108 cm³/mol. The van der Waals surface area contributed by atoms with Crippen molar-refractivity contribution in [2.24, 2.45) is 0 Å². The van der Waals surface area contributed by atoms with Gasteiger partial charge in [-0.1, -0.05) is 29.8 Å². The number of halogens is 1. The van der Waals surface area contributed by atoms with Crippen LogP contribution in [0.25, 0.3) is 0 Å². The van der Waals surface area contributed by atoms with E-state index in [1.54, 1.807) is 11.8 Å². The Balaban J connectivity index is 1.69. The number of nitrogens with zero attached hydrogens (tertiary/aromatic N) is 1. The highest BCUT2D eigenvalue weighted by atomic mass is 35.5. The molecule has 3 rings (SSSR count). The Morgan fingerprint density at radius 1 is 1.31 bits per heavy atom. The number of carbonyl (C=O) groups excluding carboxylic acids is 1. The summed E-state index contributed by atoms with van der Waals surface area (Å²) in [6, 6.07) is 9.47. The fourth-order valence-corrected chi connectivity index (χ4v) is 6.44. The van der Waals surface area contributed by atoms with Crippen molar-refractivity contribution >= 4 is 39.0 Å². The molecule has 0 spiro atoms. The fraction of sp³-hybridized carbons (Fsp3) is 0.421. The first kappa shape index (κ1) is 19.5. The molecule has 1 atom stereocenters. The number of aromatic nitrogens is 1. The third-order valence-corrected chi connectivity index (χ3v) is 7.91. The molecular weight excluding hydrogens is 390 g/mol. The van der Waals surface area contributed by atoms with E-state index in [9.17, 15) is 13.2 Å². The summed E-state index contributed by atoms with van der Waals surface area (Å²) in [6.07, 6.45) is 0.619. The largest absolute Gasteiger partial charge is 0.344 e. The zero-order valence-electron chi connectivity index (χ0n) is 14.9. The van der Waals surface area contributed by atoms with Gasteiger partial charge in [0, 0.05) is 33.8 Å². The van der Waals surface area contributed by atoms with Crippen molar-refractivity contribution in [2.75, 3.05) is 17.3 Å². The van der Waals surface area contributed by atoms with Crippen LogP contribution in [0.2, 0.25) is 5.02 Å². The lowest BCUT2D eigenvalue weighted by atomic mass is 10.2. The maximum absolute atomic E-state index is 12.7. The molecule has 1 aromatic heterocycles. The molecule has 0 unspecified atom stereocenters. The van der Waals surface area contributed by atoms with Crippen molar-refractivity contribution in [2.45, 2.75) is 32.1 Å². The van der Waals surface area contributed by atoms with Gasteiger partial charge in [-0.2, -0.15) is 0 Å². The summed E-state index contributed by atoms with van der Waals surface area (Å²) < 4.78 is 25.6. The molecule has 0 bridgehead atoms. The van der Waals surface area contributed by atoms with Gasteiger partial charge < -0.3 is 4.57 Å². The van der Waals surface area contributed by atoms with Gasteiger partial charge >= 0.3 is 0 Å². The summed E-state index contributed by atoms with van der Waals surface area (Å²) in [5.41, 5.74) is 3.53. The van der Waals surface area contributed by atoms with Crippen LogP contribution in [0.15, 0.2) is 30.3 Å². The van der Waals surface area contributed by atoms with E-state index in [0.717, 1.165) is 17.0 Å². The quantitative estimate of drug-likeness (QED) is 0.667. The molecule has 0 radical (unpaired) electrons. The van der Waals surface area contributed by atoms with Crippen LogP contribution in [0.4, 0.5) is 0 Å². The van der Waals surface area contributed by atoms with Gasteiger partial charge in [0.15, 0.2) is 15.6 Å². The lowest BCUT2D eigenvalue weighted by Crippen LogP contribution is -2.14. The first-order valence-corrected chi connectivity index (χ1v) is 11.9. The van der Waals surface area contributed by atoms with Crippen LogP contribution in [-0.2, 0) is 15.6 Å². The van der Waals surface area contributed by atoms with Crippen molar-refractivity contribution in [3.63, 3.8) is 0 Å². The van der Waals surface area contributed by atoms with Gasteiger partial charge in [0.1, 0.15) is 0 Å². The third-order valence-electron chi connectivity index (χ3n) is 4.81. The summed E-state index contributed by atoms with van der Waals surface area (Å²) in [7, 11) is -2.96. The number of hydrogen-bond acceptors (Lipinski definition) is 4. The molecular formula is C19H22ClNO3S2. The molecule has 140 valence electrons. The standard InChI is InChI=1S/C19H22ClNO3S2/c1-13-9-17(14(2)21(13)16-7-8-26(23,24)12-16)19(22)11-25-10-15-5-3-4-6-18(15)20/h3-6,9,16H,7-8,10-12H2,1-2H3/t16-/m1/s1. The van der Waals surface area contributed by atoms with E-state index in [-0.39, 0.29) is 23.3 Å².